The standard InChI is InChI=1S/C20H24N4O3/c1-23-11-13-24(14-12-23)16-9-7-15(8-10-16)21-19(25)20(26)22-17-5-3-4-6-18(17)27-2/h3-10H,11-14H2,1-2H3,(H,21,25)(H,22,26). The largest absolute Gasteiger partial charge is 0.495 e. The second kappa shape index (κ2) is 8.55. The van der Waals surface area contributed by atoms with Gasteiger partial charge in [-0.05, 0) is 43.4 Å². The zero-order valence-electron chi connectivity index (χ0n) is 15.6. The van der Waals surface area contributed by atoms with Crippen molar-refractivity contribution in [3.05, 3.63) is 48.5 Å². The van der Waals surface area contributed by atoms with Gasteiger partial charge in [-0.2, -0.15) is 0 Å². The second-order valence-corrected chi connectivity index (χ2v) is 6.45. The van der Waals surface area contributed by atoms with Gasteiger partial charge in [0.1, 0.15) is 5.75 Å². The van der Waals surface area contributed by atoms with Crippen LogP contribution in [0.5, 0.6) is 5.75 Å². The molecular weight excluding hydrogens is 344 g/mol. The van der Waals surface area contributed by atoms with Crippen LogP contribution in [-0.4, -0.2) is 57.1 Å². The van der Waals surface area contributed by atoms with Crippen LogP contribution in [0.1, 0.15) is 0 Å². The summed E-state index contributed by atoms with van der Waals surface area (Å²) >= 11 is 0. The van der Waals surface area contributed by atoms with Gasteiger partial charge in [0.05, 0.1) is 12.8 Å². The Morgan fingerprint density at radius 1 is 0.889 bits per heavy atom. The van der Waals surface area contributed by atoms with E-state index in [2.05, 4.69) is 27.5 Å². The minimum absolute atomic E-state index is 0.450. The molecule has 0 bridgehead atoms. The summed E-state index contributed by atoms with van der Waals surface area (Å²) in [6.45, 7) is 4.01. The zero-order chi connectivity index (χ0) is 19.2. The van der Waals surface area contributed by atoms with Crippen LogP contribution >= 0.6 is 0 Å². The third-order valence-corrected chi connectivity index (χ3v) is 4.56. The molecule has 2 aromatic carbocycles. The first-order chi connectivity index (χ1) is 13.1. The van der Waals surface area contributed by atoms with Gasteiger partial charge in [0.25, 0.3) is 0 Å². The molecule has 3 rings (SSSR count). The number of hydrogen-bond acceptors (Lipinski definition) is 5. The molecule has 0 atom stereocenters. The highest BCUT2D eigenvalue weighted by Crippen LogP contribution is 2.23. The molecule has 27 heavy (non-hydrogen) atoms. The molecule has 1 fully saturated rings. The highest BCUT2D eigenvalue weighted by atomic mass is 16.5. The molecule has 142 valence electrons. The van der Waals surface area contributed by atoms with Gasteiger partial charge >= 0.3 is 11.8 Å². The van der Waals surface area contributed by atoms with Gasteiger partial charge in [-0.25, -0.2) is 0 Å². The van der Waals surface area contributed by atoms with E-state index in [1.807, 2.05) is 24.3 Å². The van der Waals surface area contributed by atoms with E-state index in [-0.39, 0.29) is 0 Å². The summed E-state index contributed by atoms with van der Waals surface area (Å²) in [5, 5.41) is 5.18. The van der Waals surface area contributed by atoms with Crippen molar-refractivity contribution in [2.24, 2.45) is 0 Å². The Morgan fingerprint density at radius 2 is 1.52 bits per heavy atom. The summed E-state index contributed by atoms with van der Waals surface area (Å²) in [6, 6.07) is 14.5. The molecule has 2 aromatic rings. The number of benzene rings is 2. The van der Waals surface area contributed by atoms with E-state index in [9.17, 15) is 9.59 Å². The van der Waals surface area contributed by atoms with Crippen molar-refractivity contribution in [1.29, 1.82) is 0 Å². The topological polar surface area (TPSA) is 73.9 Å². The molecule has 7 heteroatoms. The average molecular weight is 368 g/mol. The van der Waals surface area contributed by atoms with Crippen molar-refractivity contribution in [2.75, 3.05) is 55.9 Å². The molecule has 0 spiro atoms. The average Bonchev–Trinajstić information content (AvgIpc) is 2.69. The van der Waals surface area contributed by atoms with Crippen molar-refractivity contribution in [1.82, 2.24) is 4.90 Å². The molecule has 2 N–H and O–H groups in total. The van der Waals surface area contributed by atoms with E-state index in [1.165, 1.54) is 7.11 Å². The molecule has 1 saturated heterocycles. The Kier molecular flexibility index (Phi) is 5.93. The number of methoxy groups -OCH3 is 1. The van der Waals surface area contributed by atoms with Crippen LogP contribution in [-0.2, 0) is 9.59 Å². The number of likely N-dealkylation sites (N-methyl/N-ethyl adjacent to an activating group) is 1. The lowest BCUT2D eigenvalue weighted by atomic mass is 10.2. The Morgan fingerprint density at radius 3 is 2.19 bits per heavy atom. The van der Waals surface area contributed by atoms with Crippen molar-refractivity contribution < 1.29 is 14.3 Å². The molecule has 7 nitrogen and oxygen atoms in total. The first-order valence-corrected chi connectivity index (χ1v) is 8.86. The lowest BCUT2D eigenvalue weighted by Gasteiger charge is -2.34. The maximum atomic E-state index is 12.2. The number of rotatable bonds is 4. The monoisotopic (exact) mass is 368 g/mol. The van der Waals surface area contributed by atoms with Crippen molar-refractivity contribution in [3.8, 4) is 5.75 Å². The zero-order valence-corrected chi connectivity index (χ0v) is 15.6. The molecule has 0 aromatic heterocycles. The number of piperazine rings is 1. The summed E-state index contributed by atoms with van der Waals surface area (Å²) in [7, 11) is 3.62. The maximum absolute atomic E-state index is 12.2. The number of hydrogen-bond donors (Lipinski definition) is 2. The minimum Gasteiger partial charge on any atom is -0.495 e. The molecule has 0 unspecified atom stereocenters. The van der Waals surface area contributed by atoms with Gasteiger partial charge in [0.2, 0.25) is 0 Å². The minimum atomic E-state index is -0.748. The van der Waals surface area contributed by atoms with Crippen molar-refractivity contribution in [2.45, 2.75) is 0 Å². The van der Waals surface area contributed by atoms with Gasteiger partial charge in [0.15, 0.2) is 0 Å². The van der Waals surface area contributed by atoms with E-state index in [0.29, 0.717) is 17.1 Å². The van der Waals surface area contributed by atoms with Crippen LogP contribution in [0.2, 0.25) is 0 Å². The van der Waals surface area contributed by atoms with Gasteiger partial charge in [-0.3, -0.25) is 9.59 Å². The normalized spacial score (nSPS) is 14.5. The van der Waals surface area contributed by atoms with E-state index >= 15 is 0 Å². The highest BCUT2D eigenvalue weighted by Gasteiger charge is 2.17. The molecule has 1 aliphatic rings. The number of anilines is 3. The van der Waals surface area contributed by atoms with Gasteiger partial charge in [0, 0.05) is 37.6 Å². The number of carbonyl (C=O) groups excluding carboxylic acids is 2. The van der Waals surface area contributed by atoms with E-state index in [4.69, 9.17) is 4.74 Å². The van der Waals surface area contributed by atoms with Gasteiger partial charge in [-0.15, -0.1) is 0 Å². The predicted molar refractivity (Wildman–Crippen MR) is 106 cm³/mol. The van der Waals surface area contributed by atoms with Crippen molar-refractivity contribution >= 4 is 28.9 Å². The maximum Gasteiger partial charge on any atom is 0.314 e. The van der Waals surface area contributed by atoms with Gasteiger partial charge in [-0.1, -0.05) is 12.1 Å². The molecule has 0 aliphatic carbocycles. The summed E-state index contributed by atoms with van der Waals surface area (Å²) in [5.74, 6) is -0.980. The third-order valence-electron chi connectivity index (χ3n) is 4.56. The van der Waals surface area contributed by atoms with Gasteiger partial charge < -0.3 is 25.2 Å². The second-order valence-electron chi connectivity index (χ2n) is 6.45. The number of para-hydroxylation sites is 2. The van der Waals surface area contributed by atoms with E-state index < -0.39 is 11.8 Å². The number of ether oxygens (including phenoxy) is 1. The summed E-state index contributed by atoms with van der Waals surface area (Å²) in [5.41, 5.74) is 2.14. The Hall–Kier alpha value is -3.06. The third kappa shape index (κ3) is 4.77. The van der Waals surface area contributed by atoms with Crippen LogP contribution in [0.25, 0.3) is 0 Å². The van der Waals surface area contributed by atoms with Crippen LogP contribution in [0.15, 0.2) is 48.5 Å². The summed E-state index contributed by atoms with van der Waals surface area (Å²) < 4.78 is 5.17. The van der Waals surface area contributed by atoms with Crippen LogP contribution < -0.4 is 20.3 Å². The fourth-order valence-electron chi connectivity index (χ4n) is 2.94. The SMILES string of the molecule is COc1ccccc1NC(=O)C(=O)Nc1ccc(N2CCN(C)CC2)cc1. The summed E-state index contributed by atoms with van der Waals surface area (Å²) in [6.07, 6.45) is 0. The number of amides is 2. The fourth-order valence-corrected chi connectivity index (χ4v) is 2.94. The highest BCUT2D eigenvalue weighted by molar-refractivity contribution is 6.43. The number of nitrogens with zero attached hydrogens (tertiary/aromatic N) is 2. The Balaban J connectivity index is 1.58. The molecular formula is C20H24N4O3. The van der Waals surface area contributed by atoms with E-state index in [1.54, 1.807) is 24.3 Å². The molecule has 1 heterocycles. The fraction of sp³-hybridized carbons (Fsp3) is 0.300. The number of carbonyl (C=O) groups is 2. The number of nitrogens with one attached hydrogen (secondary N) is 2. The quantitative estimate of drug-likeness (QED) is 0.808. The smallest absolute Gasteiger partial charge is 0.314 e. The first-order valence-electron chi connectivity index (χ1n) is 8.86. The first kappa shape index (κ1) is 18.7. The van der Waals surface area contributed by atoms with Crippen LogP contribution in [0, 0.1) is 0 Å². The molecule has 0 radical (unpaired) electrons. The lowest BCUT2D eigenvalue weighted by Crippen LogP contribution is -2.44. The van der Waals surface area contributed by atoms with Crippen LogP contribution in [0.4, 0.5) is 17.1 Å². The Bertz CT molecular complexity index is 799. The van der Waals surface area contributed by atoms with Crippen molar-refractivity contribution in [3.63, 3.8) is 0 Å². The summed E-state index contributed by atoms with van der Waals surface area (Å²) in [4.78, 5) is 28.9. The predicted octanol–water partition coefficient (Wildman–Crippen LogP) is 2.02. The molecule has 2 amide bonds. The van der Waals surface area contributed by atoms with E-state index in [0.717, 1.165) is 31.9 Å². The van der Waals surface area contributed by atoms with Crippen LogP contribution in [0.3, 0.4) is 0 Å². The Labute approximate surface area is 158 Å². The molecule has 1 aliphatic heterocycles. The molecule has 0 saturated carbocycles. The lowest BCUT2D eigenvalue weighted by molar-refractivity contribution is -0.133.